The fourth-order valence-corrected chi connectivity index (χ4v) is 6.28. The molecule has 0 saturated heterocycles. The average molecular weight is 626 g/mol. The largest absolute Gasteiger partial charge is 0.457 e. The van der Waals surface area contributed by atoms with Crippen molar-refractivity contribution in [2.45, 2.75) is 84.7 Å². The van der Waals surface area contributed by atoms with Crippen molar-refractivity contribution in [2.24, 2.45) is 0 Å². The molecule has 6 rings (SSSR count). The Morgan fingerprint density at radius 1 is 1.14 bits per heavy atom. The van der Waals surface area contributed by atoms with Crippen LogP contribution >= 0.6 is 11.6 Å². The molecular weight excluding hydrogens is 594 g/mol. The monoisotopic (exact) mass is 625 g/mol. The van der Waals surface area contributed by atoms with E-state index < -0.39 is 34.3 Å². The fraction of sp³-hybridized carbons (Fsp3) is 0.452. The van der Waals surface area contributed by atoms with E-state index in [0.29, 0.717) is 45.9 Å². The number of nitrogens with zero attached hydrogens (tertiary/aromatic N) is 2. The molecule has 13 heteroatoms. The van der Waals surface area contributed by atoms with Crippen molar-refractivity contribution in [3.63, 3.8) is 0 Å². The van der Waals surface area contributed by atoms with Gasteiger partial charge in [-0.2, -0.15) is 0 Å². The van der Waals surface area contributed by atoms with E-state index in [-0.39, 0.29) is 37.5 Å². The second-order valence-electron chi connectivity index (χ2n) is 11.9. The maximum Gasteiger partial charge on any atom is 0.412 e. The van der Waals surface area contributed by atoms with Gasteiger partial charge in [0, 0.05) is 34.2 Å². The van der Waals surface area contributed by atoms with Crippen molar-refractivity contribution >= 4 is 45.7 Å². The van der Waals surface area contributed by atoms with Crippen LogP contribution in [-0.2, 0) is 44.2 Å². The van der Waals surface area contributed by atoms with Crippen molar-refractivity contribution in [1.29, 1.82) is 0 Å². The highest BCUT2D eigenvalue weighted by Crippen LogP contribution is 2.49. The summed E-state index contributed by atoms with van der Waals surface area (Å²) in [4.78, 5) is 56.9. The molecule has 0 spiro atoms. The normalized spacial score (nSPS) is 17.9. The Labute approximate surface area is 257 Å². The molecular formula is C31H32ClN3O9. The van der Waals surface area contributed by atoms with Gasteiger partial charge < -0.3 is 28.3 Å². The first-order valence-corrected chi connectivity index (χ1v) is 14.9. The zero-order valence-electron chi connectivity index (χ0n) is 25.1. The molecule has 0 unspecified atom stereocenters. The zero-order chi connectivity index (χ0) is 31.6. The van der Waals surface area contributed by atoms with Crippen LogP contribution in [0.15, 0.2) is 16.9 Å². The molecule has 232 valence electrons. The van der Waals surface area contributed by atoms with Crippen LogP contribution in [0.1, 0.15) is 76.1 Å². The Morgan fingerprint density at radius 3 is 2.59 bits per heavy atom. The van der Waals surface area contributed by atoms with E-state index in [2.05, 4.69) is 12.2 Å². The van der Waals surface area contributed by atoms with Gasteiger partial charge in [-0.1, -0.05) is 20.3 Å². The van der Waals surface area contributed by atoms with Gasteiger partial charge in [-0.3, -0.25) is 10.1 Å². The molecule has 3 aliphatic heterocycles. The SMILES string of the molecule is CCCCc1c2c(nc3cc4c(c(NC(=O)OC(C)(C)C)c13)OCO4)-c1cc3c(c(=O)n1C2)COC(=O)[C@@]3(CC)OC(=O)Cl. The number of pyridine rings is 2. The first-order valence-electron chi connectivity index (χ1n) is 14.5. The quantitative estimate of drug-likeness (QED) is 0.157. The fourth-order valence-electron chi connectivity index (χ4n) is 6.15. The van der Waals surface area contributed by atoms with Crippen molar-refractivity contribution in [3.8, 4) is 22.9 Å². The third-order valence-corrected chi connectivity index (χ3v) is 8.13. The van der Waals surface area contributed by atoms with E-state index in [0.717, 1.165) is 24.0 Å². The first-order chi connectivity index (χ1) is 20.9. The highest BCUT2D eigenvalue weighted by atomic mass is 35.5. The number of carbonyl (C=O) groups is 3. The molecule has 0 saturated carbocycles. The van der Waals surface area contributed by atoms with E-state index >= 15 is 0 Å². The van der Waals surface area contributed by atoms with Crippen LogP contribution < -0.4 is 20.3 Å². The van der Waals surface area contributed by atoms with Gasteiger partial charge in [-0.05, 0) is 51.7 Å². The van der Waals surface area contributed by atoms with E-state index in [4.69, 9.17) is 40.3 Å². The number of carbonyl (C=O) groups excluding carboxylic acids is 3. The number of aromatic nitrogens is 2. The molecule has 0 radical (unpaired) electrons. The number of rotatable bonds is 6. The number of esters is 1. The van der Waals surface area contributed by atoms with Gasteiger partial charge in [0.2, 0.25) is 12.4 Å². The minimum Gasteiger partial charge on any atom is -0.457 e. The molecule has 44 heavy (non-hydrogen) atoms. The Morgan fingerprint density at radius 2 is 1.91 bits per heavy atom. The maximum absolute atomic E-state index is 14.0. The topological polar surface area (TPSA) is 144 Å². The number of hydrogen-bond donors (Lipinski definition) is 1. The van der Waals surface area contributed by atoms with Crippen LogP contribution in [0.2, 0.25) is 0 Å². The summed E-state index contributed by atoms with van der Waals surface area (Å²) in [6.07, 6.45) is 1.67. The van der Waals surface area contributed by atoms with Crippen LogP contribution in [0, 0.1) is 0 Å². The van der Waals surface area contributed by atoms with Gasteiger partial charge in [0.1, 0.15) is 17.9 Å². The molecule has 0 fully saturated rings. The van der Waals surface area contributed by atoms with Crippen molar-refractivity contribution < 1.29 is 38.1 Å². The molecule has 3 aliphatic rings. The number of aryl methyl sites for hydroxylation is 1. The molecule has 3 aromatic rings. The van der Waals surface area contributed by atoms with E-state index in [9.17, 15) is 19.2 Å². The van der Waals surface area contributed by atoms with E-state index in [1.54, 1.807) is 44.4 Å². The Hall–Kier alpha value is -4.32. The van der Waals surface area contributed by atoms with Gasteiger partial charge in [-0.15, -0.1) is 0 Å². The predicted molar refractivity (Wildman–Crippen MR) is 159 cm³/mol. The number of halogens is 1. The number of anilines is 1. The molecule has 2 aromatic heterocycles. The number of amides is 1. The van der Waals surface area contributed by atoms with Gasteiger partial charge in [0.15, 0.2) is 11.5 Å². The lowest BCUT2D eigenvalue weighted by Gasteiger charge is -2.34. The molecule has 1 aromatic carbocycles. The van der Waals surface area contributed by atoms with E-state index in [1.807, 2.05) is 0 Å². The summed E-state index contributed by atoms with van der Waals surface area (Å²) >= 11 is 5.59. The third kappa shape index (κ3) is 4.72. The molecule has 1 N–H and O–H groups in total. The van der Waals surface area contributed by atoms with Crippen LogP contribution in [0.25, 0.3) is 22.3 Å². The third-order valence-electron chi connectivity index (χ3n) is 8.06. The minimum atomic E-state index is -1.87. The minimum absolute atomic E-state index is 0.00309. The lowest BCUT2D eigenvalue weighted by Crippen LogP contribution is -2.46. The van der Waals surface area contributed by atoms with Gasteiger partial charge in [-0.25, -0.2) is 19.4 Å². The zero-order valence-corrected chi connectivity index (χ0v) is 25.8. The second kappa shape index (κ2) is 10.7. The Kier molecular flexibility index (Phi) is 7.22. The molecule has 1 atom stereocenters. The molecule has 5 heterocycles. The maximum atomic E-state index is 14.0. The highest BCUT2D eigenvalue weighted by Gasteiger charge is 2.50. The second-order valence-corrected chi connectivity index (χ2v) is 12.2. The lowest BCUT2D eigenvalue weighted by molar-refractivity contribution is -0.171. The number of fused-ring (bicyclic) bond motifs is 6. The number of cyclic esters (lactones) is 1. The molecule has 0 bridgehead atoms. The highest BCUT2D eigenvalue weighted by molar-refractivity contribution is 6.61. The molecule has 1 amide bonds. The summed E-state index contributed by atoms with van der Waals surface area (Å²) in [5, 5.41) is 3.54. The molecule has 0 aliphatic carbocycles. The average Bonchev–Trinajstić information content (AvgIpc) is 3.56. The van der Waals surface area contributed by atoms with Crippen LogP contribution in [0.4, 0.5) is 15.3 Å². The van der Waals surface area contributed by atoms with Gasteiger partial charge >= 0.3 is 17.5 Å². The van der Waals surface area contributed by atoms with Gasteiger partial charge in [0.25, 0.3) is 5.56 Å². The number of benzene rings is 1. The van der Waals surface area contributed by atoms with Crippen molar-refractivity contribution in [2.75, 3.05) is 12.1 Å². The predicted octanol–water partition coefficient (Wildman–Crippen LogP) is 5.88. The van der Waals surface area contributed by atoms with Gasteiger partial charge in [0.05, 0.1) is 29.0 Å². The number of unbranched alkanes of at least 4 members (excludes halogenated alkanes) is 1. The Balaban J connectivity index is 1.61. The van der Waals surface area contributed by atoms with Crippen LogP contribution in [0.3, 0.4) is 0 Å². The standard InChI is InChI=1S/C31H32ClN3O9/c1-6-8-9-15-16-12-35-20(10-18-17(26(35)36)13-40-27(37)31(18,7-2)43-28(32)38)23(16)33-19-11-21-25(42-14-41-21)24(22(15)19)34-29(39)44-30(3,4)5/h10-11H,6-9,12-14H2,1-5H3,(H,34,39)/t31-/m0/s1. The number of nitrogens with one attached hydrogen (secondary N) is 1. The summed E-state index contributed by atoms with van der Waals surface area (Å²) in [6, 6.07) is 3.41. The summed E-state index contributed by atoms with van der Waals surface area (Å²) in [6.45, 7) is 8.93. The van der Waals surface area contributed by atoms with Crippen LogP contribution in [-0.4, -0.2) is 39.4 Å². The Bertz CT molecular complexity index is 1810. The summed E-state index contributed by atoms with van der Waals surface area (Å²) in [5.74, 6) is -0.0259. The van der Waals surface area contributed by atoms with Crippen molar-refractivity contribution in [1.82, 2.24) is 9.55 Å². The summed E-state index contributed by atoms with van der Waals surface area (Å²) in [5.41, 5.74) is -0.198. The summed E-state index contributed by atoms with van der Waals surface area (Å²) < 4.78 is 29.3. The van der Waals surface area contributed by atoms with Crippen molar-refractivity contribution in [3.05, 3.63) is 44.7 Å². The molecule has 12 nitrogen and oxygen atoms in total. The van der Waals surface area contributed by atoms with Crippen LogP contribution in [0.5, 0.6) is 11.5 Å². The first kappa shape index (κ1) is 29.7. The smallest absolute Gasteiger partial charge is 0.412 e. The van der Waals surface area contributed by atoms with E-state index in [1.165, 1.54) is 0 Å². The summed E-state index contributed by atoms with van der Waals surface area (Å²) in [7, 11) is 0. The lowest BCUT2D eigenvalue weighted by atomic mass is 9.85. The number of ether oxygens (including phenoxy) is 5. The number of hydrogen-bond acceptors (Lipinski definition) is 10.